The highest BCUT2D eigenvalue weighted by Gasteiger charge is 2.37. The highest BCUT2D eigenvalue weighted by molar-refractivity contribution is 5.84. The van der Waals surface area contributed by atoms with E-state index < -0.39 is 5.54 Å². The molecule has 0 aromatic carbocycles. The first kappa shape index (κ1) is 12.4. The minimum absolute atomic E-state index is 0.260. The van der Waals surface area contributed by atoms with E-state index in [1.165, 1.54) is 0 Å². The Balaban J connectivity index is 2.46. The molecule has 88 valence electrons. The van der Waals surface area contributed by atoms with Gasteiger partial charge in [-0.3, -0.25) is 4.79 Å². The van der Waals surface area contributed by atoms with Gasteiger partial charge >= 0.3 is 0 Å². The maximum absolute atomic E-state index is 11.4. The van der Waals surface area contributed by atoms with Gasteiger partial charge in [0, 0.05) is 26.3 Å². The van der Waals surface area contributed by atoms with Crippen molar-refractivity contribution >= 4 is 5.91 Å². The Bertz CT molecular complexity index is 213. The molecule has 3 N–H and O–H groups in total. The van der Waals surface area contributed by atoms with Gasteiger partial charge in [-0.15, -0.1) is 0 Å². The van der Waals surface area contributed by atoms with Crippen LogP contribution in [-0.4, -0.2) is 56.7 Å². The molecule has 1 heterocycles. The van der Waals surface area contributed by atoms with E-state index in [4.69, 9.17) is 10.5 Å². The van der Waals surface area contributed by atoms with E-state index >= 15 is 0 Å². The molecule has 0 atom stereocenters. The number of nitrogens with two attached hydrogens (primary N) is 1. The van der Waals surface area contributed by atoms with Gasteiger partial charge in [-0.05, 0) is 26.9 Å². The van der Waals surface area contributed by atoms with Crippen molar-refractivity contribution in [3.8, 4) is 0 Å². The topological polar surface area (TPSA) is 67.6 Å². The Morgan fingerprint density at radius 1 is 1.47 bits per heavy atom. The lowest BCUT2D eigenvalue weighted by Crippen LogP contribution is -2.59. The molecule has 0 saturated carbocycles. The van der Waals surface area contributed by atoms with E-state index in [1.807, 2.05) is 14.1 Å². The Morgan fingerprint density at radius 3 is 2.53 bits per heavy atom. The first-order valence-corrected chi connectivity index (χ1v) is 5.34. The maximum Gasteiger partial charge on any atom is 0.237 e. The van der Waals surface area contributed by atoms with Gasteiger partial charge in [0.25, 0.3) is 0 Å². The number of amides is 1. The van der Waals surface area contributed by atoms with Crippen molar-refractivity contribution in [1.82, 2.24) is 10.2 Å². The van der Waals surface area contributed by atoms with Gasteiger partial charge < -0.3 is 20.7 Å². The van der Waals surface area contributed by atoms with Crippen LogP contribution < -0.4 is 11.1 Å². The molecule has 0 unspecified atom stereocenters. The van der Waals surface area contributed by atoms with E-state index in [0.717, 1.165) is 13.1 Å². The number of nitrogens with one attached hydrogen (secondary N) is 1. The third-order valence-electron chi connectivity index (χ3n) is 2.84. The fraction of sp³-hybridized carbons (Fsp3) is 0.900. The molecule has 1 saturated heterocycles. The van der Waals surface area contributed by atoms with Crippen LogP contribution in [0.3, 0.4) is 0 Å². The van der Waals surface area contributed by atoms with Gasteiger partial charge in [0.05, 0.1) is 0 Å². The minimum Gasteiger partial charge on any atom is -0.381 e. The molecule has 0 aromatic rings. The van der Waals surface area contributed by atoms with Crippen molar-refractivity contribution in [3.05, 3.63) is 0 Å². The normalized spacial score (nSPS) is 20.5. The molecule has 0 radical (unpaired) electrons. The van der Waals surface area contributed by atoms with E-state index in [-0.39, 0.29) is 5.91 Å². The molecular formula is C10H21N3O2. The molecule has 1 aliphatic rings. The van der Waals surface area contributed by atoms with Gasteiger partial charge in [-0.1, -0.05) is 0 Å². The monoisotopic (exact) mass is 215 g/mol. The van der Waals surface area contributed by atoms with E-state index in [1.54, 1.807) is 0 Å². The molecule has 1 aliphatic heterocycles. The molecule has 0 spiro atoms. The fourth-order valence-corrected chi connectivity index (χ4v) is 1.75. The van der Waals surface area contributed by atoms with Crippen LogP contribution in [0.4, 0.5) is 0 Å². The van der Waals surface area contributed by atoms with Crippen molar-refractivity contribution in [3.63, 3.8) is 0 Å². The number of likely N-dealkylation sites (N-methyl/N-ethyl adjacent to an activating group) is 1. The average Bonchev–Trinajstić information content (AvgIpc) is 2.18. The van der Waals surface area contributed by atoms with Gasteiger partial charge in [-0.25, -0.2) is 0 Å². The molecule has 5 heteroatoms. The summed E-state index contributed by atoms with van der Waals surface area (Å²) in [5.41, 5.74) is 4.90. The predicted octanol–water partition coefficient (Wildman–Crippen LogP) is -0.828. The Labute approximate surface area is 90.9 Å². The number of carbonyl (C=O) groups excluding carboxylic acids is 1. The largest absolute Gasteiger partial charge is 0.381 e. The van der Waals surface area contributed by atoms with Crippen molar-refractivity contribution < 1.29 is 9.53 Å². The van der Waals surface area contributed by atoms with Gasteiger partial charge in [0.1, 0.15) is 5.54 Å². The molecule has 1 fully saturated rings. The zero-order valence-electron chi connectivity index (χ0n) is 9.58. The maximum atomic E-state index is 11.4. The van der Waals surface area contributed by atoms with Crippen LogP contribution in [0.5, 0.6) is 0 Å². The van der Waals surface area contributed by atoms with Gasteiger partial charge in [0.15, 0.2) is 0 Å². The van der Waals surface area contributed by atoms with E-state index in [9.17, 15) is 4.79 Å². The zero-order chi connectivity index (χ0) is 11.3. The molecule has 15 heavy (non-hydrogen) atoms. The number of ether oxygens (including phenoxy) is 1. The lowest BCUT2D eigenvalue weighted by molar-refractivity contribution is -0.128. The highest BCUT2D eigenvalue weighted by atomic mass is 16.5. The number of nitrogens with zero attached hydrogens (tertiary/aromatic N) is 1. The van der Waals surface area contributed by atoms with Crippen LogP contribution in [0.2, 0.25) is 0 Å². The lowest BCUT2D eigenvalue weighted by atomic mass is 9.89. The van der Waals surface area contributed by atoms with Crippen molar-refractivity contribution in [2.24, 2.45) is 5.73 Å². The number of primary amides is 1. The number of carbonyl (C=O) groups is 1. The SMILES string of the molecule is CN(C)CCNC1(C(N)=O)CCOCC1. The smallest absolute Gasteiger partial charge is 0.237 e. The average molecular weight is 215 g/mol. The second kappa shape index (κ2) is 5.44. The van der Waals surface area contributed by atoms with Crippen molar-refractivity contribution in [2.75, 3.05) is 40.4 Å². The van der Waals surface area contributed by atoms with Crippen LogP contribution in [0, 0.1) is 0 Å². The number of hydrogen-bond donors (Lipinski definition) is 2. The van der Waals surface area contributed by atoms with Gasteiger partial charge in [-0.2, -0.15) is 0 Å². The molecule has 0 bridgehead atoms. The molecule has 1 rings (SSSR count). The first-order valence-electron chi connectivity index (χ1n) is 5.34. The van der Waals surface area contributed by atoms with Crippen LogP contribution >= 0.6 is 0 Å². The molecule has 0 aromatic heterocycles. The van der Waals surface area contributed by atoms with Crippen molar-refractivity contribution in [2.45, 2.75) is 18.4 Å². The predicted molar refractivity (Wildman–Crippen MR) is 58.5 cm³/mol. The third kappa shape index (κ3) is 3.44. The van der Waals surface area contributed by atoms with Gasteiger partial charge in [0.2, 0.25) is 5.91 Å². The second-order valence-corrected chi connectivity index (χ2v) is 4.29. The summed E-state index contributed by atoms with van der Waals surface area (Å²) in [5, 5.41) is 3.27. The Hall–Kier alpha value is -0.650. The summed E-state index contributed by atoms with van der Waals surface area (Å²) in [7, 11) is 4.01. The summed E-state index contributed by atoms with van der Waals surface area (Å²) >= 11 is 0. The first-order chi connectivity index (χ1) is 7.07. The highest BCUT2D eigenvalue weighted by Crippen LogP contribution is 2.19. The third-order valence-corrected chi connectivity index (χ3v) is 2.84. The quantitative estimate of drug-likeness (QED) is 0.628. The minimum atomic E-state index is -0.547. The fourth-order valence-electron chi connectivity index (χ4n) is 1.75. The number of rotatable bonds is 5. The standard InChI is InChI=1S/C10H21N3O2/c1-13(2)6-5-12-10(9(11)14)3-7-15-8-4-10/h12H,3-8H2,1-2H3,(H2,11,14). The summed E-state index contributed by atoms with van der Waals surface area (Å²) in [4.78, 5) is 13.5. The summed E-state index contributed by atoms with van der Waals surface area (Å²) in [6.45, 7) is 2.89. The summed E-state index contributed by atoms with van der Waals surface area (Å²) in [6, 6.07) is 0. The van der Waals surface area contributed by atoms with Crippen LogP contribution in [0.15, 0.2) is 0 Å². The summed E-state index contributed by atoms with van der Waals surface area (Å²) in [5.74, 6) is -0.260. The van der Waals surface area contributed by atoms with E-state index in [0.29, 0.717) is 26.1 Å². The van der Waals surface area contributed by atoms with Crippen LogP contribution in [0.1, 0.15) is 12.8 Å². The van der Waals surface area contributed by atoms with Crippen LogP contribution in [0.25, 0.3) is 0 Å². The van der Waals surface area contributed by atoms with Crippen LogP contribution in [-0.2, 0) is 9.53 Å². The summed E-state index contributed by atoms with van der Waals surface area (Å²) in [6.07, 6.45) is 1.35. The lowest BCUT2D eigenvalue weighted by Gasteiger charge is -2.35. The molecule has 5 nitrogen and oxygen atoms in total. The Morgan fingerprint density at radius 2 is 2.07 bits per heavy atom. The van der Waals surface area contributed by atoms with E-state index in [2.05, 4.69) is 10.2 Å². The molecule has 0 aliphatic carbocycles. The second-order valence-electron chi connectivity index (χ2n) is 4.29. The zero-order valence-corrected chi connectivity index (χ0v) is 9.58. The summed E-state index contributed by atoms with van der Waals surface area (Å²) < 4.78 is 5.24. The Kier molecular flexibility index (Phi) is 4.50. The molecule has 1 amide bonds. The molecular weight excluding hydrogens is 194 g/mol. The van der Waals surface area contributed by atoms with Crippen molar-refractivity contribution in [1.29, 1.82) is 0 Å². The number of hydrogen-bond acceptors (Lipinski definition) is 4.